The lowest BCUT2D eigenvalue weighted by Crippen LogP contribution is -2.34. The average Bonchev–Trinajstić information content (AvgIpc) is 2.97. The number of halogens is 3. The molecule has 5 nitrogen and oxygen atoms in total. The van der Waals surface area contributed by atoms with Crippen LogP contribution < -0.4 is 5.32 Å². The maximum Gasteiger partial charge on any atom is 0.266 e. The Morgan fingerprint density at radius 1 is 1.36 bits per heavy atom. The summed E-state index contributed by atoms with van der Waals surface area (Å²) >= 11 is 0. The molecule has 1 fully saturated rings. The summed E-state index contributed by atoms with van der Waals surface area (Å²) in [6.07, 6.45) is -1.89. The molecule has 1 aromatic carbocycles. The number of amides is 1. The predicted molar refractivity (Wildman–Crippen MR) is 69.6 cm³/mol. The van der Waals surface area contributed by atoms with Crippen LogP contribution in [0.2, 0.25) is 0 Å². The molecule has 1 aliphatic heterocycles. The summed E-state index contributed by atoms with van der Waals surface area (Å²) in [4.78, 5) is 15.3. The van der Waals surface area contributed by atoms with E-state index in [9.17, 15) is 18.0 Å². The highest BCUT2D eigenvalue weighted by Crippen LogP contribution is 2.28. The van der Waals surface area contributed by atoms with Crippen LogP contribution in [-0.2, 0) is 4.79 Å². The van der Waals surface area contributed by atoms with Gasteiger partial charge in [0, 0.05) is 24.4 Å². The third kappa shape index (κ3) is 2.81. The molecule has 1 unspecified atom stereocenters. The van der Waals surface area contributed by atoms with Crippen LogP contribution in [0.1, 0.15) is 36.6 Å². The Labute approximate surface area is 123 Å². The third-order valence-corrected chi connectivity index (χ3v) is 3.55. The molecule has 0 spiro atoms. The Hall–Kier alpha value is -2.38. The fourth-order valence-corrected chi connectivity index (χ4v) is 2.31. The number of hydrogen-bond acceptors (Lipinski definition) is 4. The van der Waals surface area contributed by atoms with Crippen molar-refractivity contribution in [1.82, 2.24) is 15.5 Å². The van der Waals surface area contributed by atoms with E-state index in [1.807, 2.05) is 0 Å². The molecule has 1 aromatic heterocycles. The molecule has 1 aliphatic rings. The fourth-order valence-electron chi connectivity index (χ4n) is 2.31. The van der Waals surface area contributed by atoms with E-state index < -0.39 is 17.8 Å². The van der Waals surface area contributed by atoms with E-state index in [-0.39, 0.29) is 23.3 Å². The molecule has 2 aromatic rings. The second kappa shape index (κ2) is 5.78. The van der Waals surface area contributed by atoms with E-state index in [0.717, 1.165) is 12.1 Å². The van der Waals surface area contributed by atoms with E-state index in [0.29, 0.717) is 25.2 Å². The molecule has 8 heteroatoms. The maximum absolute atomic E-state index is 13.6. The Morgan fingerprint density at radius 2 is 2.18 bits per heavy atom. The molecule has 1 atom stereocenters. The first kappa shape index (κ1) is 14.6. The van der Waals surface area contributed by atoms with Gasteiger partial charge < -0.3 is 9.84 Å². The monoisotopic (exact) mass is 311 g/mol. The van der Waals surface area contributed by atoms with Crippen molar-refractivity contribution in [1.29, 1.82) is 0 Å². The van der Waals surface area contributed by atoms with Gasteiger partial charge in [0.1, 0.15) is 5.82 Å². The van der Waals surface area contributed by atoms with Crippen molar-refractivity contribution in [3.8, 4) is 11.5 Å². The standard InChI is InChI=1S/C14H12F3N3O2/c15-10-5-7(1-3-9(10)12(16)17)14-19-13(20-22-14)8-2-4-11(21)18-6-8/h1,3,5,8,12H,2,4,6H2,(H,18,21). The average molecular weight is 311 g/mol. The van der Waals surface area contributed by atoms with Crippen LogP contribution in [0.25, 0.3) is 11.5 Å². The summed E-state index contributed by atoms with van der Waals surface area (Å²) in [5, 5.41) is 6.53. The Morgan fingerprint density at radius 3 is 2.82 bits per heavy atom. The predicted octanol–water partition coefficient (Wildman–Crippen LogP) is 2.81. The van der Waals surface area contributed by atoms with Crippen LogP contribution in [0.4, 0.5) is 13.2 Å². The second-order valence-electron chi connectivity index (χ2n) is 5.03. The minimum absolute atomic E-state index is 0.0235. The Kier molecular flexibility index (Phi) is 3.82. The molecule has 1 N–H and O–H groups in total. The highest BCUT2D eigenvalue weighted by atomic mass is 19.3. The maximum atomic E-state index is 13.6. The molecule has 1 amide bonds. The van der Waals surface area contributed by atoms with E-state index in [4.69, 9.17) is 4.52 Å². The van der Waals surface area contributed by atoms with Crippen molar-refractivity contribution < 1.29 is 22.5 Å². The van der Waals surface area contributed by atoms with Gasteiger partial charge in [0.15, 0.2) is 5.82 Å². The molecule has 116 valence electrons. The number of carbonyl (C=O) groups excluding carboxylic acids is 1. The highest BCUT2D eigenvalue weighted by Gasteiger charge is 2.24. The number of nitrogens with zero attached hydrogens (tertiary/aromatic N) is 2. The van der Waals surface area contributed by atoms with Crippen LogP contribution in [0, 0.1) is 5.82 Å². The van der Waals surface area contributed by atoms with Crippen molar-refractivity contribution >= 4 is 5.91 Å². The van der Waals surface area contributed by atoms with Crippen LogP contribution in [0.3, 0.4) is 0 Å². The number of alkyl halides is 2. The van der Waals surface area contributed by atoms with Gasteiger partial charge in [0.25, 0.3) is 12.3 Å². The van der Waals surface area contributed by atoms with Crippen molar-refractivity contribution in [2.24, 2.45) is 0 Å². The van der Waals surface area contributed by atoms with Crippen molar-refractivity contribution in [2.45, 2.75) is 25.2 Å². The molecule has 2 heterocycles. The summed E-state index contributed by atoms with van der Waals surface area (Å²) in [5.74, 6) is -0.637. The molecular formula is C14H12F3N3O2. The van der Waals surface area contributed by atoms with Gasteiger partial charge in [-0.1, -0.05) is 5.16 Å². The summed E-state index contributed by atoms with van der Waals surface area (Å²) < 4.78 is 43.7. The molecule has 1 saturated heterocycles. The van der Waals surface area contributed by atoms with Gasteiger partial charge in [0.2, 0.25) is 5.91 Å². The first-order chi connectivity index (χ1) is 10.5. The minimum Gasteiger partial charge on any atom is -0.355 e. The lowest BCUT2D eigenvalue weighted by Gasteiger charge is -2.18. The van der Waals surface area contributed by atoms with Gasteiger partial charge in [-0.25, -0.2) is 13.2 Å². The van der Waals surface area contributed by atoms with Crippen molar-refractivity contribution in [2.75, 3.05) is 6.54 Å². The topological polar surface area (TPSA) is 68.0 Å². The summed E-state index contributed by atoms with van der Waals surface area (Å²) in [6, 6.07) is 3.26. The third-order valence-electron chi connectivity index (χ3n) is 3.55. The first-order valence-corrected chi connectivity index (χ1v) is 6.73. The minimum atomic E-state index is -2.88. The molecule has 0 aliphatic carbocycles. The zero-order chi connectivity index (χ0) is 15.7. The molecule has 0 saturated carbocycles. The molecule has 22 heavy (non-hydrogen) atoms. The molecule has 3 rings (SSSR count). The van der Waals surface area contributed by atoms with E-state index in [1.54, 1.807) is 0 Å². The number of hydrogen-bond donors (Lipinski definition) is 1. The van der Waals surface area contributed by atoms with E-state index >= 15 is 0 Å². The number of nitrogens with one attached hydrogen (secondary N) is 1. The van der Waals surface area contributed by atoms with E-state index in [1.165, 1.54) is 6.07 Å². The summed E-state index contributed by atoms with van der Waals surface area (Å²) in [6.45, 7) is 0.413. The van der Waals surface area contributed by atoms with Gasteiger partial charge in [0.05, 0.1) is 5.56 Å². The highest BCUT2D eigenvalue weighted by molar-refractivity contribution is 5.76. The Balaban J connectivity index is 1.81. The molecule has 0 radical (unpaired) electrons. The lowest BCUT2D eigenvalue weighted by atomic mass is 9.99. The largest absolute Gasteiger partial charge is 0.355 e. The van der Waals surface area contributed by atoms with Gasteiger partial charge in [-0.15, -0.1) is 0 Å². The zero-order valence-corrected chi connectivity index (χ0v) is 11.4. The van der Waals surface area contributed by atoms with Crippen molar-refractivity contribution in [3.05, 3.63) is 35.4 Å². The summed E-state index contributed by atoms with van der Waals surface area (Å²) in [7, 11) is 0. The van der Waals surface area contributed by atoms with Gasteiger partial charge in [-0.3, -0.25) is 4.79 Å². The van der Waals surface area contributed by atoms with E-state index in [2.05, 4.69) is 15.5 Å². The van der Waals surface area contributed by atoms with Gasteiger partial charge >= 0.3 is 0 Å². The number of aromatic nitrogens is 2. The number of rotatable bonds is 3. The first-order valence-electron chi connectivity index (χ1n) is 6.73. The second-order valence-corrected chi connectivity index (χ2v) is 5.03. The number of piperidine rings is 1. The van der Waals surface area contributed by atoms with Crippen LogP contribution in [0.15, 0.2) is 22.7 Å². The van der Waals surface area contributed by atoms with Crippen LogP contribution in [-0.4, -0.2) is 22.6 Å². The number of benzene rings is 1. The quantitative estimate of drug-likeness (QED) is 0.946. The summed E-state index contributed by atoms with van der Waals surface area (Å²) in [5.41, 5.74) is -0.432. The van der Waals surface area contributed by atoms with Crippen molar-refractivity contribution in [3.63, 3.8) is 0 Å². The molecular weight excluding hydrogens is 299 g/mol. The lowest BCUT2D eigenvalue weighted by molar-refractivity contribution is -0.122. The number of carbonyl (C=O) groups is 1. The van der Waals surface area contributed by atoms with Crippen LogP contribution >= 0.6 is 0 Å². The van der Waals surface area contributed by atoms with Crippen LogP contribution in [0.5, 0.6) is 0 Å². The van der Waals surface area contributed by atoms with Gasteiger partial charge in [-0.2, -0.15) is 4.98 Å². The normalized spacial score (nSPS) is 18.5. The SMILES string of the molecule is O=C1CCC(c2noc(-c3ccc(C(F)F)c(F)c3)n2)CN1. The zero-order valence-electron chi connectivity index (χ0n) is 11.4. The molecule has 0 bridgehead atoms. The van der Waals surface area contributed by atoms with Gasteiger partial charge in [-0.05, 0) is 24.6 Å². The Bertz CT molecular complexity index is 692. The smallest absolute Gasteiger partial charge is 0.266 e. The fraction of sp³-hybridized carbons (Fsp3) is 0.357.